The minimum absolute atomic E-state index is 0. The Labute approximate surface area is 144 Å². The number of nitrogens with zero attached hydrogens (tertiary/aromatic N) is 1. The van der Waals surface area contributed by atoms with Crippen LogP contribution in [0.4, 0.5) is 5.69 Å². The highest BCUT2D eigenvalue weighted by Gasteiger charge is 2.10. The molecule has 0 saturated heterocycles. The highest BCUT2D eigenvalue weighted by atomic mass is 35.5. The Hall–Kier alpha value is -1.88. The van der Waals surface area contributed by atoms with Crippen molar-refractivity contribution in [1.82, 2.24) is 4.90 Å². The first-order valence-corrected chi connectivity index (χ1v) is 7.34. The van der Waals surface area contributed by atoms with Crippen LogP contribution in [-0.4, -0.2) is 24.9 Å². The van der Waals surface area contributed by atoms with Crippen LogP contribution in [0.2, 0.25) is 0 Å². The monoisotopic (exact) mass is 333 g/mol. The molecule has 0 fully saturated rings. The number of nitrogens with two attached hydrogens (primary N) is 1. The molecule has 0 bridgehead atoms. The number of hydrogen-bond donors (Lipinski definition) is 2. The predicted molar refractivity (Wildman–Crippen MR) is 98.1 cm³/mol. The maximum Gasteiger partial charge on any atom is 0.255 e. The lowest BCUT2D eigenvalue weighted by atomic mass is 10.1. The van der Waals surface area contributed by atoms with Gasteiger partial charge < -0.3 is 16.0 Å². The van der Waals surface area contributed by atoms with E-state index in [9.17, 15) is 4.79 Å². The van der Waals surface area contributed by atoms with Gasteiger partial charge in [-0.1, -0.05) is 29.8 Å². The molecule has 124 valence electrons. The molecule has 1 amide bonds. The van der Waals surface area contributed by atoms with Crippen LogP contribution >= 0.6 is 12.4 Å². The SMILES string of the molecule is Cc1ccc(NC(=O)c2ccc(CN)cc2)c(CN(C)C)c1.Cl. The van der Waals surface area contributed by atoms with Gasteiger partial charge in [0.15, 0.2) is 0 Å². The normalized spacial score (nSPS) is 10.3. The second-order valence-corrected chi connectivity index (χ2v) is 5.75. The largest absolute Gasteiger partial charge is 0.326 e. The lowest BCUT2D eigenvalue weighted by Gasteiger charge is -2.16. The van der Waals surface area contributed by atoms with E-state index in [-0.39, 0.29) is 18.3 Å². The van der Waals surface area contributed by atoms with Gasteiger partial charge in [-0.05, 0) is 50.3 Å². The third kappa shape index (κ3) is 5.36. The van der Waals surface area contributed by atoms with Gasteiger partial charge in [0.25, 0.3) is 5.91 Å². The van der Waals surface area contributed by atoms with Crippen molar-refractivity contribution in [2.75, 3.05) is 19.4 Å². The summed E-state index contributed by atoms with van der Waals surface area (Å²) in [5.41, 5.74) is 10.4. The topological polar surface area (TPSA) is 58.4 Å². The van der Waals surface area contributed by atoms with E-state index in [1.165, 1.54) is 5.56 Å². The van der Waals surface area contributed by atoms with E-state index in [2.05, 4.69) is 23.2 Å². The molecule has 4 nitrogen and oxygen atoms in total. The number of benzene rings is 2. The molecule has 0 spiro atoms. The Morgan fingerprint density at radius 3 is 2.35 bits per heavy atom. The number of carbonyl (C=O) groups excluding carboxylic acids is 1. The summed E-state index contributed by atoms with van der Waals surface area (Å²) in [5, 5.41) is 3.00. The number of amides is 1. The van der Waals surface area contributed by atoms with Gasteiger partial charge in [0, 0.05) is 24.3 Å². The van der Waals surface area contributed by atoms with Crippen LogP contribution in [-0.2, 0) is 13.1 Å². The first-order chi connectivity index (χ1) is 10.5. The average molecular weight is 334 g/mol. The number of carbonyl (C=O) groups is 1. The minimum Gasteiger partial charge on any atom is -0.326 e. The fraction of sp³-hybridized carbons (Fsp3) is 0.278. The standard InChI is InChI=1S/C18H23N3O.ClH/c1-13-4-9-17(16(10-13)12-21(2)3)20-18(22)15-7-5-14(11-19)6-8-15;/h4-10H,11-12,19H2,1-3H3,(H,20,22);1H. The molecule has 0 aliphatic heterocycles. The molecule has 0 unspecified atom stereocenters. The van der Waals surface area contributed by atoms with Gasteiger partial charge >= 0.3 is 0 Å². The zero-order valence-electron chi connectivity index (χ0n) is 13.8. The molecule has 2 rings (SSSR count). The van der Waals surface area contributed by atoms with E-state index < -0.39 is 0 Å². The Bertz CT molecular complexity index is 654. The van der Waals surface area contributed by atoms with Crippen LogP contribution in [0.3, 0.4) is 0 Å². The number of halogens is 1. The minimum atomic E-state index is -0.104. The molecular formula is C18H24ClN3O. The van der Waals surface area contributed by atoms with Crippen LogP contribution in [0.25, 0.3) is 0 Å². The summed E-state index contributed by atoms with van der Waals surface area (Å²) < 4.78 is 0. The molecule has 0 saturated carbocycles. The van der Waals surface area contributed by atoms with E-state index in [1.54, 1.807) is 12.1 Å². The van der Waals surface area contributed by atoms with Gasteiger partial charge in [-0.2, -0.15) is 0 Å². The lowest BCUT2D eigenvalue weighted by molar-refractivity contribution is 0.102. The molecule has 2 aromatic rings. The molecule has 0 atom stereocenters. The molecule has 0 aliphatic carbocycles. The maximum absolute atomic E-state index is 12.4. The summed E-state index contributed by atoms with van der Waals surface area (Å²) in [6.07, 6.45) is 0. The first kappa shape index (κ1) is 19.2. The van der Waals surface area contributed by atoms with Crippen LogP contribution in [0.1, 0.15) is 27.0 Å². The van der Waals surface area contributed by atoms with Crippen molar-refractivity contribution in [3.63, 3.8) is 0 Å². The summed E-state index contributed by atoms with van der Waals surface area (Å²) >= 11 is 0. The van der Waals surface area contributed by atoms with E-state index in [1.807, 2.05) is 38.4 Å². The van der Waals surface area contributed by atoms with Crippen molar-refractivity contribution in [2.24, 2.45) is 5.73 Å². The molecule has 5 heteroatoms. The Morgan fingerprint density at radius 1 is 1.13 bits per heavy atom. The van der Waals surface area contributed by atoms with Crippen molar-refractivity contribution in [2.45, 2.75) is 20.0 Å². The van der Waals surface area contributed by atoms with Crippen molar-refractivity contribution in [1.29, 1.82) is 0 Å². The number of aryl methyl sites for hydroxylation is 1. The fourth-order valence-electron chi connectivity index (χ4n) is 2.30. The molecule has 0 radical (unpaired) electrons. The van der Waals surface area contributed by atoms with Crippen LogP contribution in [0, 0.1) is 6.92 Å². The average Bonchev–Trinajstić information content (AvgIpc) is 2.49. The molecule has 2 aromatic carbocycles. The van der Waals surface area contributed by atoms with Crippen molar-refractivity contribution in [3.8, 4) is 0 Å². The van der Waals surface area contributed by atoms with Gasteiger partial charge in [0.2, 0.25) is 0 Å². The number of anilines is 1. The highest BCUT2D eigenvalue weighted by Crippen LogP contribution is 2.20. The molecule has 0 aliphatic rings. The Kier molecular flexibility index (Phi) is 7.23. The van der Waals surface area contributed by atoms with Crippen molar-refractivity contribution in [3.05, 3.63) is 64.7 Å². The Balaban J connectivity index is 0.00000264. The van der Waals surface area contributed by atoms with E-state index in [0.29, 0.717) is 12.1 Å². The summed E-state index contributed by atoms with van der Waals surface area (Å²) in [6, 6.07) is 13.4. The fourth-order valence-corrected chi connectivity index (χ4v) is 2.30. The van der Waals surface area contributed by atoms with E-state index in [0.717, 1.165) is 23.4 Å². The number of rotatable bonds is 5. The quantitative estimate of drug-likeness (QED) is 0.883. The summed E-state index contributed by atoms with van der Waals surface area (Å²) in [4.78, 5) is 14.5. The molecule has 0 aromatic heterocycles. The van der Waals surface area contributed by atoms with Crippen LogP contribution < -0.4 is 11.1 Å². The number of hydrogen-bond acceptors (Lipinski definition) is 3. The van der Waals surface area contributed by atoms with Gasteiger partial charge in [0.1, 0.15) is 0 Å². The first-order valence-electron chi connectivity index (χ1n) is 7.34. The third-order valence-electron chi connectivity index (χ3n) is 3.45. The number of nitrogens with one attached hydrogen (secondary N) is 1. The van der Waals surface area contributed by atoms with E-state index >= 15 is 0 Å². The molecule has 0 heterocycles. The zero-order valence-corrected chi connectivity index (χ0v) is 14.6. The van der Waals surface area contributed by atoms with Gasteiger partial charge in [0.05, 0.1) is 0 Å². The summed E-state index contributed by atoms with van der Waals surface area (Å²) in [6.45, 7) is 3.31. The van der Waals surface area contributed by atoms with Gasteiger partial charge in [-0.15, -0.1) is 12.4 Å². The molecule has 23 heavy (non-hydrogen) atoms. The van der Waals surface area contributed by atoms with E-state index in [4.69, 9.17) is 5.73 Å². The second-order valence-electron chi connectivity index (χ2n) is 5.75. The predicted octanol–water partition coefficient (Wildman–Crippen LogP) is 3.19. The molecule has 3 N–H and O–H groups in total. The van der Waals surface area contributed by atoms with Crippen molar-refractivity contribution >= 4 is 24.0 Å². The Morgan fingerprint density at radius 2 is 1.78 bits per heavy atom. The second kappa shape index (κ2) is 8.67. The maximum atomic E-state index is 12.4. The lowest BCUT2D eigenvalue weighted by Crippen LogP contribution is -2.17. The third-order valence-corrected chi connectivity index (χ3v) is 3.45. The van der Waals surface area contributed by atoms with Crippen LogP contribution in [0.5, 0.6) is 0 Å². The summed E-state index contributed by atoms with van der Waals surface area (Å²) in [5.74, 6) is -0.104. The highest BCUT2D eigenvalue weighted by molar-refractivity contribution is 6.04. The van der Waals surface area contributed by atoms with Gasteiger partial charge in [-0.3, -0.25) is 4.79 Å². The van der Waals surface area contributed by atoms with Crippen molar-refractivity contribution < 1.29 is 4.79 Å². The molecular weight excluding hydrogens is 310 g/mol. The summed E-state index contributed by atoms with van der Waals surface area (Å²) in [7, 11) is 4.03. The smallest absolute Gasteiger partial charge is 0.255 e. The van der Waals surface area contributed by atoms with Crippen LogP contribution in [0.15, 0.2) is 42.5 Å². The van der Waals surface area contributed by atoms with Gasteiger partial charge in [-0.25, -0.2) is 0 Å². The zero-order chi connectivity index (χ0) is 16.1.